The molecular weight excluding hydrogens is 206 g/mol. The van der Waals surface area contributed by atoms with Gasteiger partial charge in [0.05, 0.1) is 12.1 Å². The minimum absolute atomic E-state index is 0.0578. The van der Waals surface area contributed by atoms with Gasteiger partial charge in [0.1, 0.15) is 0 Å². The molecule has 0 aromatic carbocycles. The Morgan fingerprint density at radius 3 is 2.80 bits per heavy atom. The molecule has 0 aliphatic heterocycles. The lowest BCUT2D eigenvalue weighted by Gasteiger charge is -2.23. The smallest absolute Gasteiger partial charge is 0.0795 e. The number of aryl methyl sites for hydroxylation is 1. The first-order valence-electron chi connectivity index (χ1n) is 5.64. The summed E-state index contributed by atoms with van der Waals surface area (Å²) in [4.78, 5) is 1.33. The van der Waals surface area contributed by atoms with Crippen LogP contribution in [-0.4, -0.2) is 12.7 Å². The number of hydrogen-bond donors (Lipinski definition) is 1. The van der Waals surface area contributed by atoms with Crippen LogP contribution in [0.5, 0.6) is 0 Å². The molecule has 15 heavy (non-hydrogen) atoms. The third kappa shape index (κ3) is 2.60. The van der Waals surface area contributed by atoms with E-state index in [1.54, 1.807) is 11.3 Å². The highest BCUT2D eigenvalue weighted by Gasteiger charge is 2.36. The number of thiophene rings is 1. The Labute approximate surface area is 95.4 Å². The molecule has 84 valence electrons. The van der Waals surface area contributed by atoms with Crippen LogP contribution in [0.15, 0.2) is 11.4 Å². The van der Waals surface area contributed by atoms with E-state index >= 15 is 0 Å². The highest BCUT2D eigenvalue weighted by molar-refractivity contribution is 7.10. The summed E-state index contributed by atoms with van der Waals surface area (Å²) >= 11 is 1.76. The summed E-state index contributed by atoms with van der Waals surface area (Å²) in [7, 11) is 0. The van der Waals surface area contributed by atoms with Gasteiger partial charge in [-0.3, -0.25) is 0 Å². The van der Waals surface area contributed by atoms with E-state index in [9.17, 15) is 0 Å². The monoisotopic (exact) mass is 225 g/mol. The minimum atomic E-state index is 0.0578. The van der Waals surface area contributed by atoms with Crippen LogP contribution < -0.4 is 5.73 Å². The number of nitrogens with two attached hydrogens (primary N) is 1. The summed E-state index contributed by atoms with van der Waals surface area (Å²) in [6.07, 6.45) is 2.78. The van der Waals surface area contributed by atoms with E-state index < -0.39 is 0 Å². The second-order valence-corrected chi connectivity index (χ2v) is 5.39. The molecule has 1 saturated carbocycles. The lowest BCUT2D eigenvalue weighted by molar-refractivity contribution is 0.0284. The van der Waals surface area contributed by atoms with Gasteiger partial charge in [-0.1, -0.05) is 0 Å². The Bertz CT molecular complexity index is 319. The largest absolute Gasteiger partial charge is 0.376 e. The van der Waals surface area contributed by atoms with Crippen LogP contribution in [0.3, 0.4) is 0 Å². The highest BCUT2D eigenvalue weighted by Crippen LogP contribution is 2.39. The number of hydrogen-bond acceptors (Lipinski definition) is 3. The zero-order valence-electron chi connectivity index (χ0n) is 9.40. The molecule has 1 aliphatic carbocycles. The Morgan fingerprint density at radius 2 is 2.33 bits per heavy atom. The predicted octanol–water partition coefficient (Wildman–Crippen LogP) is 2.87. The fourth-order valence-electron chi connectivity index (χ4n) is 1.98. The molecule has 0 radical (unpaired) electrons. The lowest BCUT2D eigenvalue weighted by atomic mass is 10.0. The van der Waals surface area contributed by atoms with Crippen LogP contribution in [0.1, 0.15) is 36.2 Å². The SMILES string of the molecule is CCOC(C1CC1)C(N)c1csc(C)c1. The van der Waals surface area contributed by atoms with E-state index in [1.807, 2.05) is 6.92 Å². The third-order valence-corrected chi connectivity index (χ3v) is 3.82. The topological polar surface area (TPSA) is 35.2 Å². The number of ether oxygens (including phenoxy) is 1. The van der Waals surface area contributed by atoms with E-state index in [0.29, 0.717) is 5.92 Å². The Morgan fingerprint density at radius 1 is 1.60 bits per heavy atom. The van der Waals surface area contributed by atoms with Crippen LogP contribution >= 0.6 is 11.3 Å². The van der Waals surface area contributed by atoms with Crippen LogP contribution in [0, 0.1) is 12.8 Å². The molecule has 0 amide bonds. The molecule has 2 atom stereocenters. The minimum Gasteiger partial charge on any atom is -0.376 e. The predicted molar refractivity (Wildman–Crippen MR) is 64.1 cm³/mol. The van der Waals surface area contributed by atoms with E-state index in [2.05, 4.69) is 18.4 Å². The molecule has 0 bridgehead atoms. The maximum absolute atomic E-state index is 6.26. The molecule has 2 N–H and O–H groups in total. The Kier molecular flexibility index (Phi) is 3.44. The van der Waals surface area contributed by atoms with Crippen LogP contribution in [-0.2, 0) is 4.74 Å². The summed E-state index contributed by atoms with van der Waals surface area (Å²) < 4.78 is 5.77. The Hall–Kier alpha value is -0.380. The molecule has 1 heterocycles. The second-order valence-electron chi connectivity index (χ2n) is 4.27. The molecule has 2 nitrogen and oxygen atoms in total. The van der Waals surface area contributed by atoms with E-state index in [0.717, 1.165) is 6.61 Å². The van der Waals surface area contributed by atoms with Crippen LogP contribution in [0.4, 0.5) is 0 Å². The second kappa shape index (κ2) is 4.64. The van der Waals surface area contributed by atoms with Gasteiger partial charge in [-0.2, -0.15) is 0 Å². The van der Waals surface area contributed by atoms with Gasteiger partial charge < -0.3 is 10.5 Å². The molecule has 0 spiro atoms. The van der Waals surface area contributed by atoms with Crippen molar-refractivity contribution in [2.45, 2.75) is 38.8 Å². The fourth-order valence-corrected chi connectivity index (χ4v) is 2.73. The van der Waals surface area contributed by atoms with Crippen molar-refractivity contribution in [3.05, 3.63) is 21.9 Å². The quantitative estimate of drug-likeness (QED) is 0.836. The first-order valence-corrected chi connectivity index (χ1v) is 6.52. The van der Waals surface area contributed by atoms with Gasteiger partial charge in [0.25, 0.3) is 0 Å². The molecule has 2 rings (SSSR count). The van der Waals surface area contributed by atoms with E-state index in [4.69, 9.17) is 10.5 Å². The van der Waals surface area contributed by atoms with E-state index in [-0.39, 0.29) is 12.1 Å². The van der Waals surface area contributed by atoms with Gasteiger partial charge in [0.2, 0.25) is 0 Å². The fraction of sp³-hybridized carbons (Fsp3) is 0.667. The molecule has 0 saturated heterocycles. The van der Waals surface area contributed by atoms with Gasteiger partial charge in [0.15, 0.2) is 0 Å². The molecule has 2 unspecified atom stereocenters. The maximum Gasteiger partial charge on any atom is 0.0795 e. The van der Waals surface area contributed by atoms with Crippen LogP contribution in [0.25, 0.3) is 0 Å². The average Bonchev–Trinajstić information content (AvgIpc) is 2.96. The van der Waals surface area contributed by atoms with Crippen molar-refractivity contribution >= 4 is 11.3 Å². The normalized spacial score (nSPS) is 20.2. The summed E-state index contributed by atoms with van der Waals surface area (Å²) in [6, 6.07) is 2.24. The summed E-state index contributed by atoms with van der Waals surface area (Å²) in [5.74, 6) is 0.695. The van der Waals surface area contributed by atoms with Crippen molar-refractivity contribution in [2.24, 2.45) is 11.7 Å². The van der Waals surface area contributed by atoms with Gasteiger partial charge in [-0.05, 0) is 49.6 Å². The van der Waals surface area contributed by atoms with Crippen molar-refractivity contribution in [3.63, 3.8) is 0 Å². The average molecular weight is 225 g/mol. The summed E-state index contributed by atoms with van der Waals surface area (Å²) in [5.41, 5.74) is 7.50. The van der Waals surface area contributed by atoms with E-state index in [1.165, 1.54) is 23.3 Å². The van der Waals surface area contributed by atoms with Crippen molar-refractivity contribution < 1.29 is 4.74 Å². The Balaban J connectivity index is 2.06. The third-order valence-electron chi connectivity index (χ3n) is 2.94. The first kappa shape index (κ1) is 11.1. The summed E-state index contributed by atoms with van der Waals surface area (Å²) in [6.45, 7) is 4.92. The summed E-state index contributed by atoms with van der Waals surface area (Å²) in [5, 5.41) is 2.16. The van der Waals surface area contributed by atoms with Gasteiger partial charge in [-0.15, -0.1) is 11.3 Å². The van der Waals surface area contributed by atoms with Crippen molar-refractivity contribution in [2.75, 3.05) is 6.61 Å². The van der Waals surface area contributed by atoms with Gasteiger partial charge in [-0.25, -0.2) is 0 Å². The van der Waals surface area contributed by atoms with Crippen molar-refractivity contribution in [1.29, 1.82) is 0 Å². The standard InChI is InChI=1S/C12H19NOS/c1-3-14-12(9-4-5-9)11(13)10-6-8(2)15-7-10/h6-7,9,11-12H,3-5,13H2,1-2H3. The molecule has 1 aromatic rings. The van der Waals surface area contributed by atoms with Gasteiger partial charge >= 0.3 is 0 Å². The number of rotatable bonds is 5. The molecular formula is C12H19NOS. The zero-order valence-corrected chi connectivity index (χ0v) is 10.2. The first-order chi connectivity index (χ1) is 7.22. The highest BCUT2D eigenvalue weighted by atomic mass is 32.1. The maximum atomic E-state index is 6.26. The molecule has 1 fully saturated rings. The molecule has 1 aliphatic rings. The molecule has 1 aromatic heterocycles. The lowest BCUT2D eigenvalue weighted by Crippen LogP contribution is -2.30. The van der Waals surface area contributed by atoms with Crippen molar-refractivity contribution in [1.82, 2.24) is 0 Å². The zero-order chi connectivity index (χ0) is 10.8. The van der Waals surface area contributed by atoms with Crippen molar-refractivity contribution in [3.8, 4) is 0 Å². The molecule has 3 heteroatoms. The van der Waals surface area contributed by atoms with Gasteiger partial charge in [0, 0.05) is 11.5 Å². The van der Waals surface area contributed by atoms with Crippen LogP contribution in [0.2, 0.25) is 0 Å².